The minimum atomic E-state index is -0.714. The van der Waals surface area contributed by atoms with Gasteiger partial charge in [0.1, 0.15) is 5.82 Å². The van der Waals surface area contributed by atoms with Crippen molar-refractivity contribution < 1.29 is 14.0 Å². The van der Waals surface area contributed by atoms with E-state index in [-0.39, 0.29) is 18.4 Å². The fourth-order valence-electron chi connectivity index (χ4n) is 3.58. The molecule has 7 nitrogen and oxygen atoms in total. The number of piperazine rings is 1. The third-order valence-electron chi connectivity index (χ3n) is 5.54. The summed E-state index contributed by atoms with van der Waals surface area (Å²) in [6.45, 7) is 3.75. The molecule has 1 fully saturated rings. The Balaban J connectivity index is 1.62. The molecular weight excluding hydrogens is 397 g/mol. The quantitative estimate of drug-likeness (QED) is 0.690. The Kier molecular flexibility index (Phi) is 7.59. The van der Waals surface area contributed by atoms with Crippen LogP contribution in [0.3, 0.4) is 0 Å². The monoisotopic (exact) mass is 427 g/mol. The Labute approximate surface area is 182 Å². The van der Waals surface area contributed by atoms with Gasteiger partial charge in [-0.15, -0.1) is 0 Å². The van der Waals surface area contributed by atoms with E-state index >= 15 is 0 Å². The highest BCUT2D eigenvalue weighted by Gasteiger charge is 2.25. The minimum absolute atomic E-state index is 0.134. The first-order valence-corrected chi connectivity index (χ1v) is 10.4. The maximum absolute atomic E-state index is 13.4. The molecule has 0 spiro atoms. The Bertz CT molecular complexity index is 878. The van der Waals surface area contributed by atoms with Crippen molar-refractivity contribution in [3.63, 3.8) is 0 Å². The summed E-state index contributed by atoms with van der Waals surface area (Å²) in [5, 5.41) is 5.37. The lowest BCUT2D eigenvalue weighted by Crippen LogP contribution is -2.49. The molecule has 1 aliphatic rings. The van der Waals surface area contributed by atoms with Crippen LogP contribution in [0.1, 0.15) is 11.6 Å². The maximum Gasteiger partial charge on any atom is 0.313 e. The first kappa shape index (κ1) is 22.7. The number of likely N-dealkylation sites (N-methyl/N-ethyl adjacent to an activating group) is 1. The second-order valence-electron chi connectivity index (χ2n) is 8.01. The van der Waals surface area contributed by atoms with E-state index in [9.17, 15) is 14.0 Å². The fourth-order valence-corrected chi connectivity index (χ4v) is 3.58. The molecular formula is C23H30FN5O2. The van der Waals surface area contributed by atoms with Crippen molar-refractivity contribution in [2.24, 2.45) is 0 Å². The summed E-state index contributed by atoms with van der Waals surface area (Å²) >= 11 is 0. The van der Waals surface area contributed by atoms with Gasteiger partial charge in [0, 0.05) is 58.2 Å². The largest absolute Gasteiger partial charge is 0.378 e. The number of hydrogen-bond donors (Lipinski definition) is 2. The van der Waals surface area contributed by atoms with Crippen molar-refractivity contribution in [2.45, 2.75) is 6.04 Å². The van der Waals surface area contributed by atoms with E-state index in [4.69, 9.17) is 0 Å². The van der Waals surface area contributed by atoms with Gasteiger partial charge < -0.3 is 20.4 Å². The van der Waals surface area contributed by atoms with Crippen LogP contribution >= 0.6 is 0 Å². The van der Waals surface area contributed by atoms with Gasteiger partial charge in [-0.25, -0.2) is 4.39 Å². The van der Waals surface area contributed by atoms with Gasteiger partial charge in [0.15, 0.2) is 0 Å². The lowest BCUT2D eigenvalue weighted by Gasteiger charge is -2.38. The molecule has 2 aromatic carbocycles. The van der Waals surface area contributed by atoms with E-state index in [1.54, 1.807) is 24.3 Å². The van der Waals surface area contributed by atoms with Crippen LogP contribution in [0.5, 0.6) is 0 Å². The Morgan fingerprint density at radius 1 is 0.968 bits per heavy atom. The molecule has 0 unspecified atom stereocenters. The molecule has 0 radical (unpaired) electrons. The molecule has 0 aromatic heterocycles. The topological polar surface area (TPSA) is 67.9 Å². The zero-order valence-electron chi connectivity index (χ0n) is 18.3. The molecule has 1 heterocycles. The number of carbonyl (C=O) groups is 2. The molecule has 2 amide bonds. The number of nitrogens with one attached hydrogen (secondary N) is 2. The summed E-state index contributed by atoms with van der Waals surface area (Å²) in [6.07, 6.45) is 0. The average molecular weight is 428 g/mol. The molecule has 31 heavy (non-hydrogen) atoms. The maximum atomic E-state index is 13.4. The first-order chi connectivity index (χ1) is 14.8. The van der Waals surface area contributed by atoms with E-state index in [1.807, 2.05) is 31.1 Å². The minimum Gasteiger partial charge on any atom is -0.378 e. The molecule has 2 N–H and O–H groups in total. The van der Waals surface area contributed by atoms with Gasteiger partial charge in [0.2, 0.25) is 0 Å². The predicted molar refractivity (Wildman–Crippen MR) is 121 cm³/mol. The molecule has 1 aliphatic heterocycles. The number of nitrogens with zero attached hydrogens (tertiary/aromatic N) is 3. The smallest absolute Gasteiger partial charge is 0.313 e. The van der Waals surface area contributed by atoms with Crippen LogP contribution < -0.4 is 15.5 Å². The van der Waals surface area contributed by atoms with Crippen LogP contribution in [-0.2, 0) is 9.59 Å². The highest BCUT2D eigenvalue weighted by molar-refractivity contribution is 6.39. The summed E-state index contributed by atoms with van der Waals surface area (Å²) in [7, 11) is 5.93. The second-order valence-corrected chi connectivity index (χ2v) is 8.01. The van der Waals surface area contributed by atoms with Crippen LogP contribution in [0.4, 0.5) is 15.8 Å². The standard InChI is InChI=1S/C23H30FN5O2/c1-27(2)20-10-8-19(9-11-20)26-23(31)22(30)25-16-21(17-4-6-18(24)7-5-17)29-14-12-28(3)13-15-29/h4-11,21H,12-16H2,1-3H3,(H,25,30)(H,26,31)/t21-/m0/s1. The van der Waals surface area contributed by atoms with Gasteiger partial charge in [-0.3, -0.25) is 14.5 Å². The van der Waals surface area contributed by atoms with Crippen molar-refractivity contribution in [3.8, 4) is 0 Å². The highest BCUT2D eigenvalue weighted by atomic mass is 19.1. The lowest BCUT2D eigenvalue weighted by molar-refractivity contribution is -0.136. The summed E-state index contributed by atoms with van der Waals surface area (Å²) in [5.74, 6) is -1.71. The molecule has 0 aliphatic carbocycles. The normalized spacial score (nSPS) is 15.9. The second kappa shape index (κ2) is 10.4. The lowest BCUT2D eigenvalue weighted by atomic mass is 10.0. The average Bonchev–Trinajstić information content (AvgIpc) is 2.76. The Morgan fingerprint density at radius 3 is 2.16 bits per heavy atom. The van der Waals surface area contributed by atoms with Gasteiger partial charge in [0.05, 0.1) is 6.04 Å². The van der Waals surface area contributed by atoms with Crippen molar-refractivity contribution in [1.82, 2.24) is 15.1 Å². The zero-order valence-corrected chi connectivity index (χ0v) is 18.3. The van der Waals surface area contributed by atoms with E-state index < -0.39 is 11.8 Å². The van der Waals surface area contributed by atoms with Gasteiger partial charge in [0.25, 0.3) is 0 Å². The van der Waals surface area contributed by atoms with E-state index in [2.05, 4.69) is 27.5 Å². The van der Waals surface area contributed by atoms with Crippen LogP contribution in [-0.4, -0.2) is 75.5 Å². The summed E-state index contributed by atoms with van der Waals surface area (Å²) in [4.78, 5) is 31.2. The molecule has 166 valence electrons. The first-order valence-electron chi connectivity index (χ1n) is 10.4. The van der Waals surface area contributed by atoms with Crippen molar-refractivity contribution in [3.05, 3.63) is 59.9 Å². The molecule has 0 bridgehead atoms. The van der Waals surface area contributed by atoms with Gasteiger partial charge >= 0.3 is 11.8 Å². The van der Waals surface area contributed by atoms with Crippen molar-refractivity contribution >= 4 is 23.2 Å². The number of rotatable bonds is 6. The number of carbonyl (C=O) groups excluding carboxylic acids is 2. The highest BCUT2D eigenvalue weighted by Crippen LogP contribution is 2.22. The molecule has 2 aromatic rings. The van der Waals surface area contributed by atoms with Gasteiger partial charge in [-0.1, -0.05) is 12.1 Å². The van der Waals surface area contributed by atoms with E-state index in [0.717, 1.165) is 37.4 Å². The van der Waals surface area contributed by atoms with E-state index in [1.165, 1.54) is 12.1 Å². The fraction of sp³-hybridized carbons (Fsp3) is 0.391. The Hall–Kier alpha value is -2.97. The van der Waals surface area contributed by atoms with Crippen LogP contribution in [0.15, 0.2) is 48.5 Å². The third kappa shape index (κ3) is 6.26. The third-order valence-corrected chi connectivity index (χ3v) is 5.54. The zero-order chi connectivity index (χ0) is 22.4. The Morgan fingerprint density at radius 2 is 1.58 bits per heavy atom. The van der Waals surface area contributed by atoms with Crippen LogP contribution in [0, 0.1) is 5.82 Å². The van der Waals surface area contributed by atoms with Gasteiger partial charge in [-0.2, -0.15) is 0 Å². The van der Waals surface area contributed by atoms with Crippen molar-refractivity contribution in [1.29, 1.82) is 0 Å². The number of amides is 2. The van der Waals surface area contributed by atoms with Gasteiger partial charge in [-0.05, 0) is 49.0 Å². The number of halogens is 1. The van der Waals surface area contributed by atoms with Crippen LogP contribution in [0.2, 0.25) is 0 Å². The predicted octanol–water partition coefficient (Wildman–Crippen LogP) is 1.94. The summed E-state index contributed by atoms with van der Waals surface area (Å²) < 4.78 is 13.4. The van der Waals surface area contributed by atoms with Crippen molar-refractivity contribution in [2.75, 3.05) is 64.1 Å². The molecule has 1 saturated heterocycles. The SMILES string of the molecule is CN1CCN([C@@H](CNC(=O)C(=O)Nc2ccc(N(C)C)cc2)c2ccc(F)cc2)CC1. The van der Waals surface area contributed by atoms with E-state index in [0.29, 0.717) is 5.69 Å². The number of benzene rings is 2. The summed E-state index contributed by atoms with van der Waals surface area (Å²) in [5.41, 5.74) is 2.46. The molecule has 1 atom stereocenters. The molecule has 3 rings (SSSR count). The number of anilines is 2. The molecule has 0 saturated carbocycles. The summed E-state index contributed by atoms with van der Waals surface area (Å²) in [6, 6.07) is 13.4. The number of hydrogen-bond acceptors (Lipinski definition) is 5. The van der Waals surface area contributed by atoms with Crippen LogP contribution in [0.25, 0.3) is 0 Å². The molecule has 8 heteroatoms.